The number of carbonyl (C=O) groups is 2. The second kappa shape index (κ2) is 9.47. The number of nitrogens with zero attached hydrogens (tertiary/aromatic N) is 1. The maximum absolute atomic E-state index is 12.4. The van der Waals surface area contributed by atoms with Crippen LogP contribution in [0.3, 0.4) is 0 Å². The number of rotatable bonds is 7. The smallest absolute Gasteiger partial charge is 0.338 e. The molecule has 5 nitrogen and oxygen atoms in total. The van der Waals surface area contributed by atoms with E-state index in [0.717, 1.165) is 29.7 Å². The van der Waals surface area contributed by atoms with Crippen molar-refractivity contribution in [1.29, 1.82) is 0 Å². The molecule has 0 aliphatic rings. The number of aromatic nitrogens is 1. The fourth-order valence-electron chi connectivity index (χ4n) is 2.74. The van der Waals surface area contributed by atoms with Crippen LogP contribution in [0.1, 0.15) is 42.3 Å². The Balaban J connectivity index is 1.59. The fraction of sp³-hybridized carbons (Fsp3) is 0.261. The lowest BCUT2D eigenvalue weighted by Crippen LogP contribution is -2.29. The zero-order valence-corrected chi connectivity index (χ0v) is 17.6. The maximum atomic E-state index is 12.4. The van der Waals surface area contributed by atoms with Crippen LogP contribution in [0, 0.1) is 0 Å². The largest absolute Gasteiger partial charge is 0.449 e. The van der Waals surface area contributed by atoms with Crippen molar-refractivity contribution in [3.63, 3.8) is 0 Å². The van der Waals surface area contributed by atoms with Crippen molar-refractivity contribution in [2.75, 3.05) is 5.32 Å². The zero-order chi connectivity index (χ0) is 20.8. The van der Waals surface area contributed by atoms with Crippen LogP contribution in [0.4, 0.5) is 5.13 Å². The first-order valence-electron chi connectivity index (χ1n) is 9.65. The first-order chi connectivity index (χ1) is 14.0. The van der Waals surface area contributed by atoms with Crippen LogP contribution in [0.25, 0.3) is 11.3 Å². The molecule has 6 heteroatoms. The molecule has 0 aliphatic heterocycles. The third kappa shape index (κ3) is 5.29. The average Bonchev–Trinajstić information content (AvgIpc) is 3.22. The number of aryl methyl sites for hydroxylation is 2. The molecule has 0 aliphatic carbocycles. The van der Waals surface area contributed by atoms with Gasteiger partial charge in [0.1, 0.15) is 0 Å². The van der Waals surface area contributed by atoms with Crippen LogP contribution in [-0.4, -0.2) is 23.0 Å². The van der Waals surface area contributed by atoms with Crippen molar-refractivity contribution in [2.24, 2.45) is 0 Å². The predicted octanol–water partition coefficient (Wildman–Crippen LogP) is 5.12. The van der Waals surface area contributed by atoms with E-state index in [2.05, 4.69) is 29.4 Å². The summed E-state index contributed by atoms with van der Waals surface area (Å²) in [5, 5.41) is 5.08. The van der Waals surface area contributed by atoms with Crippen molar-refractivity contribution < 1.29 is 14.3 Å². The van der Waals surface area contributed by atoms with Crippen molar-refractivity contribution in [2.45, 2.75) is 39.7 Å². The summed E-state index contributed by atoms with van der Waals surface area (Å²) < 4.78 is 5.29. The van der Waals surface area contributed by atoms with Gasteiger partial charge in [0.15, 0.2) is 11.2 Å². The van der Waals surface area contributed by atoms with E-state index in [1.165, 1.54) is 16.9 Å². The SMILES string of the molecule is CCc1ccc(C(=O)O[C@@H](C)C(=O)Nc2nc(-c3ccc(CC)cc3)cs2)cc1. The molecule has 0 saturated carbocycles. The van der Waals surface area contributed by atoms with Crippen molar-refractivity contribution >= 4 is 28.3 Å². The van der Waals surface area contributed by atoms with Gasteiger partial charge in [-0.2, -0.15) is 0 Å². The minimum absolute atomic E-state index is 0.411. The van der Waals surface area contributed by atoms with Gasteiger partial charge < -0.3 is 4.74 Å². The Morgan fingerprint density at radius 2 is 1.59 bits per heavy atom. The molecule has 0 unspecified atom stereocenters. The number of hydrogen-bond acceptors (Lipinski definition) is 5. The topological polar surface area (TPSA) is 68.3 Å². The van der Waals surface area contributed by atoms with Crippen LogP contribution >= 0.6 is 11.3 Å². The summed E-state index contributed by atoms with van der Waals surface area (Å²) in [6.45, 7) is 5.70. The molecule has 1 aromatic heterocycles. The lowest BCUT2D eigenvalue weighted by molar-refractivity contribution is -0.123. The second-order valence-corrected chi connectivity index (χ2v) is 7.53. The summed E-state index contributed by atoms with van der Waals surface area (Å²) in [7, 11) is 0. The number of nitrogens with one attached hydrogen (secondary N) is 1. The van der Waals surface area contributed by atoms with Gasteiger partial charge >= 0.3 is 5.97 Å². The van der Waals surface area contributed by atoms with Crippen LogP contribution < -0.4 is 5.32 Å². The van der Waals surface area contributed by atoms with Gasteiger partial charge in [0, 0.05) is 10.9 Å². The van der Waals surface area contributed by atoms with E-state index in [0.29, 0.717) is 10.7 Å². The number of ether oxygens (including phenoxy) is 1. The molecule has 0 bridgehead atoms. The van der Waals surface area contributed by atoms with Crippen LogP contribution in [0.15, 0.2) is 53.9 Å². The summed E-state index contributed by atoms with van der Waals surface area (Å²) in [4.78, 5) is 29.1. The summed E-state index contributed by atoms with van der Waals surface area (Å²) in [6.07, 6.45) is 0.953. The molecular formula is C23H24N2O3S. The summed E-state index contributed by atoms with van der Waals surface area (Å²) in [5.74, 6) is -0.933. The Bertz CT molecular complexity index is 978. The number of esters is 1. The zero-order valence-electron chi connectivity index (χ0n) is 16.8. The Kier molecular flexibility index (Phi) is 6.77. The number of hydrogen-bond donors (Lipinski definition) is 1. The molecule has 1 N–H and O–H groups in total. The molecule has 1 heterocycles. The molecule has 0 fully saturated rings. The number of anilines is 1. The third-order valence-electron chi connectivity index (χ3n) is 4.64. The molecule has 3 rings (SSSR count). The van der Waals surface area contributed by atoms with Gasteiger partial charge in [-0.15, -0.1) is 11.3 Å². The Morgan fingerprint density at radius 3 is 2.17 bits per heavy atom. The van der Waals surface area contributed by atoms with Gasteiger partial charge in [0.05, 0.1) is 11.3 Å². The van der Waals surface area contributed by atoms with Crippen LogP contribution in [0.5, 0.6) is 0 Å². The standard InChI is InChI=1S/C23H24N2O3S/c1-4-16-6-10-18(11-7-16)20-14-29-23(24-20)25-21(26)15(3)28-22(27)19-12-8-17(5-2)9-13-19/h6-15H,4-5H2,1-3H3,(H,24,25,26)/t15-/m0/s1. The Labute approximate surface area is 174 Å². The van der Waals surface area contributed by atoms with Crippen LogP contribution in [0.2, 0.25) is 0 Å². The highest BCUT2D eigenvalue weighted by atomic mass is 32.1. The van der Waals surface area contributed by atoms with E-state index in [1.807, 2.05) is 36.6 Å². The molecule has 0 saturated heterocycles. The van der Waals surface area contributed by atoms with Gasteiger partial charge in [0.25, 0.3) is 5.91 Å². The molecule has 150 valence electrons. The lowest BCUT2D eigenvalue weighted by atomic mass is 10.1. The normalized spacial score (nSPS) is 11.7. The third-order valence-corrected chi connectivity index (χ3v) is 5.40. The van der Waals surface area contributed by atoms with E-state index < -0.39 is 18.0 Å². The monoisotopic (exact) mass is 408 g/mol. The van der Waals surface area contributed by atoms with Gasteiger partial charge in [-0.25, -0.2) is 9.78 Å². The maximum Gasteiger partial charge on any atom is 0.338 e. The molecule has 1 amide bonds. The van der Waals surface area contributed by atoms with Gasteiger partial charge in [-0.3, -0.25) is 10.1 Å². The van der Waals surface area contributed by atoms with Crippen LogP contribution in [-0.2, 0) is 22.4 Å². The highest BCUT2D eigenvalue weighted by Crippen LogP contribution is 2.25. The van der Waals surface area contributed by atoms with Crippen molar-refractivity contribution in [1.82, 2.24) is 4.98 Å². The Hall–Kier alpha value is -2.99. The quantitative estimate of drug-likeness (QED) is 0.551. The Morgan fingerprint density at radius 1 is 1.00 bits per heavy atom. The summed E-state index contributed by atoms with van der Waals surface area (Å²) >= 11 is 1.34. The van der Waals surface area contributed by atoms with E-state index in [9.17, 15) is 9.59 Å². The number of amides is 1. The molecule has 1 atom stereocenters. The molecule has 0 radical (unpaired) electrons. The van der Waals surface area contributed by atoms with Crippen molar-refractivity contribution in [3.05, 3.63) is 70.6 Å². The molecule has 0 spiro atoms. The molecule has 2 aromatic carbocycles. The van der Waals surface area contributed by atoms with E-state index >= 15 is 0 Å². The summed E-state index contributed by atoms with van der Waals surface area (Å²) in [6, 6.07) is 15.4. The summed E-state index contributed by atoms with van der Waals surface area (Å²) in [5.41, 5.74) is 4.62. The first kappa shape index (κ1) is 20.7. The number of benzene rings is 2. The predicted molar refractivity (Wildman–Crippen MR) is 116 cm³/mol. The lowest BCUT2D eigenvalue weighted by Gasteiger charge is -2.12. The molecule has 3 aromatic rings. The fourth-order valence-corrected chi connectivity index (χ4v) is 3.46. The highest BCUT2D eigenvalue weighted by molar-refractivity contribution is 7.14. The van der Waals surface area contributed by atoms with Crippen molar-refractivity contribution in [3.8, 4) is 11.3 Å². The van der Waals surface area contributed by atoms with E-state index in [4.69, 9.17) is 4.74 Å². The van der Waals surface area contributed by atoms with E-state index in [1.54, 1.807) is 19.1 Å². The molecule has 29 heavy (non-hydrogen) atoms. The van der Waals surface area contributed by atoms with E-state index in [-0.39, 0.29) is 0 Å². The molecular weight excluding hydrogens is 384 g/mol. The minimum Gasteiger partial charge on any atom is -0.449 e. The minimum atomic E-state index is -0.926. The van der Waals surface area contributed by atoms with Gasteiger partial charge in [0.2, 0.25) is 0 Å². The highest BCUT2D eigenvalue weighted by Gasteiger charge is 2.20. The van der Waals surface area contributed by atoms with Gasteiger partial charge in [-0.05, 0) is 43.0 Å². The number of thiazole rings is 1. The number of carbonyl (C=O) groups excluding carboxylic acids is 2. The average molecular weight is 409 g/mol. The second-order valence-electron chi connectivity index (χ2n) is 6.68. The first-order valence-corrected chi connectivity index (χ1v) is 10.5. The van der Waals surface area contributed by atoms with Gasteiger partial charge in [-0.1, -0.05) is 50.2 Å².